The number of nitrogens with zero attached hydrogens (tertiary/aromatic N) is 1. The second-order valence-electron chi connectivity index (χ2n) is 4.56. The lowest BCUT2D eigenvalue weighted by atomic mass is 10.1. The second kappa shape index (κ2) is 8.31. The van der Waals surface area contributed by atoms with E-state index in [0.717, 1.165) is 0 Å². The zero-order valence-corrected chi connectivity index (χ0v) is 10.9. The number of carbonyl (C=O) groups is 1. The van der Waals surface area contributed by atoms with Crippen LogP contribution in [0, 0.1) is 0 Å². The summed E-state index contributed by atoms with van der Waals surface area (Å²) < 4.78 is 36.9. The van der Waals surface area contributed by atoms with Gasteiger partial charge in [0.1, 0.15) is 0 Å². The predicted octanol–water partition coefficient (Wildman–Crippen LogP) is 1.81. The van der Waals surface area contributed by atoms with Gasteiger partial charge in [-0.3, -0.25) is 15.1 Å². The van der Waals surface area contributed by atoms with Crippen molar-refractivity contribution in [2.75, 3.05) is 13.1 Å². The minimum absolute atomic E-state index is 0.140. The molecule has 0 aliphatic heterocycles. The van der Waals surface area contributed by atoms with Crippen LogP contribution < -0.4 is 11.3 Å². The Bertz CT molecular complexity index is 244. The van der Waals surface area contributed by atoms with E-state index in [2.05, 4.69) is 0 Å². The number of halogens is 3. The van der Waals surface area contributed by atoms with E-state index in [4.69, 9.17) is 5.84 Å². The van der Waals surface area contributed by atoms with Crippen molar-refractivity contribution in [1.82, 2.24) is 10.3 Å². The Labute approximate surface area is 106 Å². The van der Waals surface area contributed by atoms with Crippen LogP contribution in [-0.4, -0.2) is 36.1 Å². The molecule has 0 spiro atoms. The van der Waals surface area contributed by atoms with Crippen LogP contribution in [0.4, 0.5) is 13.2 Å². The van der Waals surface area contributed by atoms with Gasteiger partial charge in [-0.05, 0) is 33.2 Å². The van der Waals surface area contributed by atoms with Crippen LogP contribution in [0.15, 0.2) is 0 Å². The molecule has 18 heavy (non-hydrogen) atoms. The third kappa shape index (κ3) is 9.23. The zero-order valence-electron chi connectivity index (χ0n) is 10.9. The summed E-state index contributed by atoms with van der Waals surface area (Å²) in [4.78, 5) is 12.2. The summed E-state index contributed by atoms with van der Waals surface area (Å²) >= 11 is 0. The number of nitrogens with two attached hydrogens (primary N) is 1. The first kappa shape index (κ1) is 17.2. The number of rotatable bonds is 8. The topological polar surface area (TPSA) is 58.4 Å². The molecular weight excluding hydrogens is 247 g/mol. The molecule has 0 aromatic carbocycles. The molecule has 4 nitrogen and oxygen atoms in total. The number of alkyl halides is 3. The van der Waals surface area contributed by atoms with Crippen LogP contribution in [0.25, 0.3) is 0 Å². The fourth-order valence-electron chi connectivity index (χ4n) is 1.60. The van der Waals surface area contributed by atoms with Crippen molar-refractivity contribution in [1.29, 1.82) is 0 Å². The van der Waals surface area contributed by atoms with Crippen LogP contribution in [0.2, 0.25) is 0 Å². The van der Waals surface area contributed by atoms with E-state index in [-0.39, 0.29) is 11.9 Å². The van der Waals surface area contributed by atoms with Gasteiger partial charge in [-0.2, -0.15) is 13.2 Å². The Balaban J connectivity index is 3.81. The van der Waals surface area contributed by atoms with Gasteiger partial charge in [-0.1, -0.05) is 6.42 Å². The molecule has 0 rings (SSSR count). The number of hydrogen-bond donors (Lipinski definition) is 2. The summed E-state index contributed by atoms with van der Waals surface area (Å²) in [5.74, 6) is 4.67. The number of amides is 1. The van der Waals surface area contributed by atoms with Gasteiger partial charge in [0.25, 0.3) is 0 Å². The van der Waals surface area contributed by atoms with Crippen molar-refractivity contribution in [2.45, 2.75) is 51.7 Å². The minimum atomic E-state index is -4.16. The van der Waals surface area contributed by atoms with E-state index in [0.29, 0.717) is 32.2 Å². The van der Waals surface area contributed by atoms with E-state index in [1.54, 1.807) is 13.8 Å². The van der Waals surface area contributed by atoms with Gasteiger partial charge < -0.3 is 0 Å². The Morgan fingerprint density at radius 2 is 1.89 bits per heavy atom. The van der Waals surface area contributed by atoms with E-state index in [1.807, 2.05) is 5.43 Å². The SMILES string of the molecule is CC(C)N(CCCCCC(=O)NN)CC(F)(F)F. The number of nitrogens with one attached hydrogen (secondary N) is 1. The number of hydrogen-bond acceptors (Lipinski definition) is 3. The highest BCUT2D eigenvalue weighted by Gasteiger charge is 2.31. The molecule has 0 aliphatic carbocycles. The number of unbranched alkanes of at least 4 members (excludes halogenated alkanes) is 2. The summed E-state index contributed by atoms with van der Waals surface area (Å²) in [5, 5.41) is 0. The third-order valence-corrected chi connectivity index (χ3v) is 2.62. The lowest BCUT2D eigenvalue weighted by molar-refractivity contribution is -0.149. The van der Waals surface area contributed by atoms with Crippen LogP contribution in [0.5, 0.6) is 0 Å². The Hall–Kier alpha value is -0.820. The Kier molecular flexibility index (Phi) is 7.93. The van der Waals surface area contributed by atoms with Gasteiger partial charge in [0.2, 0.25) is 5.91 Å². The first-order chi connectivity index (χ1) is 8.26. The fraction of sp³-hybridized carbons (Fsp3) is 0.909. The molecule has 0 fully saturated rings. The van der Waals surface area contributed by atoms with Gasteiger partial charge in [0.05, 0.1) is 6.54 Å². The van der Waals surface area contributed by atoms with E-state index < -0.39 is 12.7 Å². The fourth-order valence-corrected chi connectivity index (χ4v) is 1.60. The molecular formula is C11H22F3N3O. The first-order valence-electron chi connectivity index (χ1n) is 6.06. The molecule has 7 heteroatoms. The minimum Gasteiger partial charge on any atom is -0.294 e. The van der Waals surface area contributed by atoms with E-state index >= 15 is 0 Å². The van der Waals surface area contributed by atoms with Crippen LogP contribution in [0.1, 0.15) is 39.5 Å². The van der Waals surface area contributed by atoms with E-state index in [9.17, 15) is 18.0 Å². The van der Waals surface area contributed by atoms with Crippen molar-refractivity contribution in [3.63, 3.8) is 0 Å². The molecule has 0 bridgehead atoms. The van der Waals surface area contributed by atoms with Gasteiger partial charge in [-0.25, -0.2) is 5.84 Å². The maximum atomic E-state index is 12.3. The highest BCUT2D eigenvalue weighted by Crippen LogP contribution is 2.18. The molecule has 1 amide bonds. The molecule has 0 saturated carbocycles. The molecule has 108 valence electrons. The van der Waals surface area contributed by atoms with E-state index in [1.165, 1.54) is 4.90 Å². The predicted molar refractivity (Wildman–Crippen MR) is 63.6 cm³/mol. The largest absolute Gasteiger partial charge is 0.401 e. The summed E-state index contributed by atoms with van der Waals surface area (Å²) in [7, 11) is 0. The average Bonchev–Trinajstić information content (AvgIpc) is 2.24. The van der Waals surface area contributed by atoms with Crippen LogP contribution >= 0.6 is 0 Å². The monoisotopic (exact) mass is 269 g/mol. The van der Waals surface area contributed by atoms with Gasteiger partial charge in [0, 0.05) is 12.5 Å². The molecule has 0 atom stereocenters. The molecule has 0 saturated heterocycles. The van der Waals surface area contributed by atoms with Crippen LogP contribution in [-0.2, 0) is 4.79 Å². The maximum absolute atomic E-state index is 12.3. The molecule has 0 heterocycles. The van der Waals surface area contributed by atoms with Crippen molar-refractivity contribution in [3.05, 3.63) is 0 Å². The maximum Gasteiger partial charge on any atom is 0.401 e. The highest BCUT2D eigenvalue weighted by molar-refractivity contribution is 5.74. The summed E-state index contributed by atoms with van der Waals surface area (Å²) in [6, 6.07) is -0.140. The smallest absolute Gasteiger partial charge is 0.294 e. The lowest BCUT2D eigenvalue weighted by Gasteiger charge is -2.27. The highest BCUT2D eigenvalue weighted by atomic mass is 19.4. The van der Waals surface area contributed by atoms with Crippen molar-refractivity contribution in [2.24, 2.45) is 5.84 Å². The average molecular weight is 269 g/mol. The Morgan fingerprint density at radius 1 is 1.28 bits per heavy atom. The molecule has 3 N–H and O–H groups in total. The molecule has 0 aliphatic rings. The van der Waals surface area contributed by atoms with Gasteiger partial charge in [0.15, 0.2) is 0 Å². The number of hydrazine groups is 1. The standard InChI is InChI=1S/C11H22F3N3O/c1-9(2)17(8-11(12,13)14)7-5-3-4-6-10(18)16-15/h9H,3-8,15H2,1-2H3,(H,16,18). The van der Waals surface area contributed by atoms with Gasteiger partial charge >= 0.3 is 6.18 Å². The summed E-state index contributed by atoms with van der Waals surface area (Å²) in [6.07, 6.45) is -1.84. The Morgan fingerprint density at radius 3 is 2.33 bits per heavy atom. The molecule has 0 radical (unpaired) electrons. The lowest BCUT2D eigenvalue weighted by Crippen LogP contribution is -2.39. The quantitative estimate of drug-likeness (QED) is 0.306. The van der Waals surface area contributed by atoms with Gasteiger partial charge in [-0.15, -0.1) is 0 Å². The number of carbonyl (C=O) groups excluding carboxylic acids is 1. The molecule has 0 unspecified atom stereocenters. The van der Waals surface area contributed by atoms with Crippen molar-refractivity contribution in [3.8, 4) is 0 Å². The van der Waals surface area contributed by atoms with Crippen molar-refractivity contribution >= 4 is 5.91 Å². The summed E-state index contributed by atoms with van der Waals surface area (Å²) in [5.41, 5.74) is 2.02. The third-order valence-electron chi connectivity index (χ3n) is 2.62. The molecule has 0 aromatic heterocycles. The van der Waals surface area contributed by atoms with Crippen LogP contribution in [0.3, 0.4) is 0 Å². The van der Waals surface area contributed by atoms with Crippen molar-refractivity contribution < 1.29 is 18.0 Å². The first-order valence-corrected chi connectivity index (χ1v) is 6.06. The zero-order chi connectivity index (χ0) is 14.2. The molecule has 0 aromatic rings. The second-order valence-corrected chi connectivity index (χ2v) is 4.56. The normalized spacial score (nSPS) is 12.2. The summed E-state index contributed by atoms with van der Waals surface area (Å²) in [6.45, 7) is 3.00.